The van der Waals surface area contributed by atoms with Crippen molar-refractivity contribution >= 4 is 100 Å². The number of phenolic OH excluding ortho intramolecular Hbond substituents is 10. The second-order valence-corrected chi connectivity index (χ2v) is 21.1. The van der Waals surface area contributed by atoms with E-state index in [4.69, 9.17) is 40.9 Å². The third kappa shape index (κ3) is 44.7. The summed E-state index contributed by atoms with van der Waals surface area (Å²) in [6, 6.07) is 24.7. The molecule has 0 saturated heterocycles. The standard InChI is InChI=1S/C9H9IO.2C9H9NO3.C9H10O2.C8H7BrO2.2C7H6O4.C7H6O3.10Ac/c1-6-3-8(5-11)4-9(10)7(6)2;1-6-3-8(5-11)4-9(7(6)2)10(12)13;1-6-3-8(5-11)9(10(12)13)4-7(6)2;1-6-3-8(5-10)4-7(2)9(6)11;1-5-2-6(4-10)3-7(9)8(5)11;8-3-5-6(10)1-4(9)2-7(5)11;8-3-4-1-2-5(9)7(11)6(4)10;8-4-5-2-1-3-6(9)7(5)10;;;;;;;;;;/h3-5H,1-2H3;2*3-5H,1-2H3;3-5,11H,1-2H3;2-4,11H,1H3;2*1-3,9-11H;1-4,9-10H;;;;;;;;;;. The average molecular weight is 3700 g/mol. The maximum absolute atomic E-state index is 10.5. The normalized spacial score (nSPS) is 8.62. The van der Waals surface area contributed by atoms with Crippen LogP contribution in [0.15, 0.2) is 108 Å². The van der Waals surface area contributed by atoms with Gasteiger partial charge in [0.25, 0.3) is 11.4 Å². The minimum absolute atomic E-state index is 0. The minimum atomic E-state index is -0.672. The molecule has 0 amide bonds. The van der Waals surface area contributed by atoms with Crippen molar-refractivity contribution in [1.82, 2.24) is 0 Å². The summed E-state index contributed by atoms with van der Waals surface area (Å²) in [5.41, 5.74) is 9.79. The summed E-state index contributed by atoms with van der Waals surface area (Å²) in [6.45, 7) is 16.4. The minimum Gasteiger partial charge on any atom is -0.508 e. The fourth-order valence-electron chi connectivity index (χ4n) is 7.05. The number of hydrogen-bond acceptors (Lipinski definition) is 22. The molecule has 8 aromatic carbocycles. The molecule has 0 saturated carbocycles. The van der Waals surface area contributed by atoms with Crippen LogP contribution in [0.5, 0.6) is 57.5 Å². The molecule has 0 atom stereocenters. The van der Waals surface area contributed by atoms with Crippen LogP contribution < -0.4 is 0 Å². The van der Waals surface area contributed by atoms with Gasteiger partial charge in [-0.05, 0) is 218 Å². The molecule has 0 heterocycles. The van der Waals surface area contributed by atoms with Crippen LogP contribution in [0.2, 0.25) is 0 Å². The largest absolute Gasteiger partial charge is 0.508 e. The molecule has 0 unspecified atom stereocenters. The first-order valence-corrected chi connectivity index (χ1v) is 27.7. The molecule has 508 valence electrons. The number of nitrogens with zero attached hydrogens (tertiary/aromatic N) is 2. The quantitative estimate of drug-likeness (QED) is 0.0200. The Hall–Kier alpha value is 3.55. The summed E-state index contributed by atoms with van der Waals surface area (Å²) in [6.07, 6.45) is 4.70. The van der Waals surface area contributed by atoms with Crippen molar-refractivity contribution in [3.8, 4) is 57.5 Å². The van der Waals surface area contributed by atoms with Crippen molar-refractivity contribution in [1.29, 1.82) is 0 Å². The average Bonchev–Trinajstić information content (AvgIpc) is 0.819. The molecule has 0 aromatic heterocycles. The smallest absolute Gasteiger partial charge is 0.280 e. The Kier molecular flexibility index (Phi) is 83.1. The molecule has 0 fully saturated rings. The van der Waals surface area contributed by atoms with Crippen molar-refractivity contribution in [3.05, 3.63) is 226 Å². The van der Waals surface area contributed by atoms with Crippen LogP contribution in [0.3, 0.4) is 0 Å². The Morgan fingerprint density at radius 1 is 0.337 bits per heavy atom. The molecule has 8 aromatic rings. The molecule has 0 aliphatic carbocycles. The fraction of sp³-hybridized carbons (Fsp3) is 0.138. The molecular weight excluding hydrogens is 3640 g/mol. The van der Waals surface area contributed by atoms with E-state index in [2.05, 4.69) is 45.4 Å². The number of rotatable bonds is 10. The molecule has 24 nitrogen and oxygen atoms in total. The predicted octanol–water partition coefficient (Wildman–Crippen LogP) is 13.0. The van der Waals surface area contributed by atoms with E-state index < -0.39 is 38.6 Å². The molecule has 10 N–H and O–H groups in total. The zero-order valence-electron chi connectivity index (χ0n) is 55.7. The van der Waals surface area contributed by atoms with Crippen LogP contribution in [0.1, 0.15) is 133 Å². The first kappa shape index (κ1) is 125. The van der Waals surface area contributed by atoms with Gasteiger partial charge in [0.05, 0.1) is 36.6 Å². The number of halogens is 2. The Labute approximate surface area is 962 Å². The number of phenols is 10. The molecular formula is C65H62Ac10BrIN2O22. The van der Waals surface area contributed by atoms with E-state index in [0.29, 0.717) is 63.7 Å². The Bertz CT molecular complexity index is 3810. The maximum Gasteiger partial charge on any atom is 0.280 e. The number of aldehydes is 8. The van der Waals surface area contributed by atoms with E-state index in [9.17, 15) is 68.8 Å². The van der Waals surface area contributed by atoms with Gasteiger partial charge in [0.1, 0.15) is 53.9 Å². The van der Waals surface area contributed by atoms with E-state index in [1.807, 2.05) is 26.0 Å². The van der Waals surface area contributed by atoms with Crippen LogP contribution in [-0.4, -0.2) is 111 Å². The summed E-state index contributed by atoms with van der Waals surface area (Å²) in [7, 11) is 0. The Morgan fingerprint density at radius 3 is 1.09 bits per heavy atom. The van der Waals surface area contributed by atoms with Gasteiger partial charge >= 0.3 is 0 Å². The van der Waals surface area contributed by atoms with Crippen LogP contribution in [-0.2, 0) is 0 Å². The van der Waals surface area contributed by atoms with Gasteiger partial charge in [0.2, 0.25) is 5.75 Å². The summed E-state index contributed by atoms with van der Waals surface area (Å²) in [5.74, 6) is -3.04. The summed E-state index contributed by atoms with van der Waals surface area (Å²) >= 11 is 5.37. The van der Waals surface area contributed by atoms with Crippen molar-refractivity contribution in [3.63, 3.8) is 0 Å². The van der Waals surface area contributed by atoms with Gasteiger partial charge in [0, 0.05) is 496 Å². The van der Waals surface area contributed by atoms with Gasteiger partial charge in [-0.3, -0.25) is 58.6 Å². The van der Waals surface area contributed by atoms with Gasteiger partial charge in [-0.2, -0.15) is 0 Å². The van der Waals surface area contributed by atoms with Crippen molar-refractivity contribution < 1.29 is 540 Å². The van der Waals surface area contributed by atoms with E-state index in [0.717, 1.165) is 74.0 Å². The maximum atomic E-state index is 10.5. The van der Waals surface area contributed by atoms with E-state index in [1.165, 1.54) is 53.6 Å². The summed E-state index contributed by atoms with van der Waals surface area (Å²) in [4.78, 5) is 102. The molecule has 10 radical (unpaired) electrons. The molecule has 36 heteroatoms. The second kappa shape index (κ2) is 66.9. The van der Waals surface area contributed by atoms with Crippen LogP contribution >= 0.6 is 38.5 Å². The van der Waals surface area contributed by atoms with E-state index in [1.54, 1.807) is 71.9 Å². The number of nitro groups is 2. The molecule has 0 aliphatic rings. The van der Waals surface area contributed by atoms with Crippen LogP contribution in [0.4, 0.5) is 11.4 Å². The molecule has 101 heavy (non-hydrogen) atoms. The SMILES string of the molecule is Cc1cc(C=O)c([N+](=O)[O-])cc1C.Cc1cc(C=O)cc(Br)c1O.Cc1cc(C=O)cc(C)c1O.Cc1cc(C=O)cc(I)c1C.Cc1cc(C=O)cc([N+](=O)[O-])c1C.O=Cc1c(O)cc(O)cc1O.O=Cc1ccc(O)c(O)c1O.O=Cc1cccc(O)c1O.[Ac].[Ac].[Ac].[Ac].[Ac].[Ac].[Ac].[Ac].[Ac].[Ac]. The monoisotopic (exact) mass is 3700 g/mol. The van der Waals surface area contributed by atoms with Gasteiger partial charge < -0.3 is 51.1 Å². The predicted molar refractivity (Wildman–Crippen MR) is 348 cm³/mol. The van der Waals surface area contributed by atoms with E-state index in [-0.39, 0.29) is 503 Å². The Balaban J connectivity index is -0.000000116. The number of carbonyl (C=O) groups excluding carboxylic acids is 8. The van der Waals surface area contributed by atoms with Gasteiger partial charge in [0.15, 0.2) is 48.1 Å². The molecule has 0 aliphatic heterocycles. The van der Waals surface area contributed by atoms with Gasteiger partial charge in [-0.25, -0.2) is 0 Å². The number of aryl methyl sites for hydroxylation is 7. The second-order valence-electron chi connectivity index (χ2n) is 19.0. The zero-order valence-corrected chi connectivity index (χ0v) is 107. The Morgan fingerprint density at radius 2 is 0.703 bits per heavy atom. The fourth-order valence-corrected chi connectivity index (χ4v) is 8.42. The number of aromatic hydroxyl groups is 10. The number of benzene rings is 8. The first-order valence-electron chi connectivity index (χ1n) is 25.8. The molecule has 0 spiro atoms. The summed E-state index contributed by atoms with van der Waals surface area (Å²) in [5, 5.41) is 111. The van der Waals surface area contributed by atoms with Gasteiger partial charge in [-0.1, -0.05) is 6.07 Å². The van der Waals surface area contributed by atoms with Crippen molar-refractivity contribution in [2.75, 3.05) is 0 Å². The third-order valence-corrected chi connectivity index (χ3v) is 14.2. The van der Waals surface area contributed by atoms with E-state index >= 15 is 0 Å². The zero-order chi connectivity index (χ0) is 69.7. The molecule has 8 rings (SSSR count). The number of carbonyl (C=O) groups is 8. The topological polar surface area (TPSA) is 425 Å². The van der Waals surface area contributed by atoms with Crippen molar-refractivity contribution in [2.45, 2.75) is 62.3 Å². The van der Waals surface area contributed by atoms with Gasteiger partial charge in [-0.15, -0.1) is 0 Å². The number of para-hydroxylation sites is 1. The first-order chi connectivity index (χ1) is 42.6. The van der Waals surface area contributed by atoms with Crippen LogP contribution in [0, 0.1) is 527 Å². The number of nitro benzene ring substituents is 2. The summed E-state index contributed by atoms with van der Waals surface area (Å²) < 4.78 is 1.71. The molecule has 0 bridgehead atoms. The number of hydrogen-bond donors (Lipinski definition) is 10. The van der Waals surface area contributed by atoms with Crippen LogP contribution in [0.25, 0.3) is 0 Å². The van der Waals surface area contributed by atoms with Crippen molar-refractivity contribution in [2.24, 2.45) is 0 Å². The third-order valence-electron chi connectivity index (χ3n) is 12.5.